The maximum Gasteiger partial charge on any atom is 0.267 e. The van der Waals surface area contributed by atoms with Gasteiger partial charge in [-0.1, -0.05) is 19.8 Å². The van der Waals surface area contributed by atoms with Crippen molar-refractivity contribution < 1.29 is 14.3 Å². The van der Waals surface area contributed by atoms with E-state index in [1.165, 1.54) is 35.5 Å². The Hall–Kier alpha value is -2.10. The van der Waals surface area contributed by atoms with E-state index in [0.29, 0.717) is 21.7 Å². The first-order valence-corrected chi connectivity index (χ1v) is 11.8. The van der Waals surface area contributed by atoms with Crippen LogP contribution in [0.2, 0.25) is 0 Å². The molecule has 160 valence electrons. The van der Waals surface area contributed by atoms with Crippen molar-refractivity contribution in [3.05, 3.63) is 26.8 Å². The molecule has 30 heavy (non-hydrogen) atoms. The van der Waals surface area contributed by atoms with Crippen LogP contribution in [0.15, 0.2) is 0 Å². The van der Waals surface area contributed by atoms with Crippen molar-refractivity contribution >= 4 is 43.9 Å². The number of aryl methyl sites for hydroxylation is 2. The Labute approximate surface area is 183 Å². The molecule has 7 nitrogen and oxygen atoms in total. The average molecular weight is 447 g/mol. The molecule has 3 aromatic rings. The normalized spacial score (nSPS) is 15.9. The summed E-state index contributed by atoms with van der Waals surface area (Å²) < 4.78 is 10.6. The highest BCUT2D eigenvalue weighted by Gasteiger charge is 2.25. The number of hydrogen-bond acceptors (Lipinski definition) is 8. The van der Waals surface area contributed by atoms with Gasteiger partial charge in [0, 0.05) is 12.0 Å². The highest BCUT2D eigenvalue weighted by atomic mass is 32.1. The zero-order valence-corrected chi connectivity index (χ0v) is 19.3. The van der Waals surface area contributed by atoms with Crippen LogP contribution in [0.1, 0.15) is 57.8 Å². The van der Waals surface area contributed by atoms with Gasteiger partial charge < -0.3 is 9.47 Å². The third kappa shape index (κ3) is 4.06. The van der Waals surface area contributed by atoms with Crippen molar-refractivity contribution in [2.24, 2.45) is 5.92 Å². The van der Waals surface area contributed by atoms with Crippen LogP contribution >= 0.6 is 22.7 Å². The summed E-state index contributed by atoms with van der Waals surface area (Å²) in [6.07, 6.45) is 5.74. The minimum atomic E-state index is -0.165. The van der Waals surface area contributed by atoms with Crippen LogP contribution in [0.5, 0.6) is 5.88 Å². The van der Waals surface area contributed by atoms with Crippen LogP contribution in [0, 0.1) is 12.8 Å². The highest BCUT2D eigenvalue weighted by Crippen LogP contribution is 2.37. The van der Waals surface area contributed by atoms with Crippen molar-refractivity contribution in [2.45, 2.75) is 52.6 Å². The topological polar surface area (TPSA) is 86.2 Å². The molecule has 3 heterocycles. The summed E-state index contributed by atoms with van der Waals surface area (Å²) in [6.45, 7) is 4.42. The highest BCUT2D eigenvalue weighted by molar-refractivity contribution is 7.21. The summed E-state index contributed by atoms with van der Waals surface area (Å²) in [4.78, 5) is 29.3. The zero-order valence-electron chi connectivity index (χ0n) is 17.7. The Morgan fingerprint density at radius 2 is 2.07 bits per heavy atom. The van der Waals surface area contributed by atoms with E-state index >= 15 is 0 Å². The van der Waals surface area contributed by atoms with Crippen molar-refractivity contribution in [2.75, 3.05) is 19.5 Å². The zero-order chi connectivity index (χ0) is 21.3. The lowest BCUT2D eigenvalue weighted by molar-refractivity contribution is 0.103. The number of methoxy groups -OCH3 is 2. The van der Waals surface area contributed by atoms with Gasteiger partial charge in [-0.25, -0.2) is 9.97 Å². The molecule has 0 aliphatic heterocycles. The lowest BCUT2D eigenvalue weighted by atomic mass is 9.88. The number of nitrogens with one attached hydrogen (secondary N) is 1. The Morgan fingerprint density at radius 3 is 2.80 bits per heavy atom. The third-order valence-corrected chi connectivity index (χ3v) is 7.66. The van der Waals surface area contributed by atoms with E-state index in [-0.39, 0.29) is 12.5 Å². The van der Waals surface area contributed by atoms with Gasteiger partial charge in [-0.05, 0) is 37.7 Å². The SMILES string of the molecule is CCCC1CCc2nc(NC(=O)c3sc4nc(COC)nc(OC)c4c3C)sc2C1. The molecule has 0 saturated heterocycles. The summed E-state index contributed by atoms with van der Waals surface area (Å²) in [5.74, 6) is 1.57. The van der Waals surface area contributed by atoms with Gasteiger partial charge in [0.25, 0.3) is 5.91 Å². The van der Waals surface area contributed by atoms with Crippen LogP contribution in [0.25, 0.3) is 10.2 Å². The number of thiazole rings is 1. The minimum Gasteiger partial charge on any atom is -0.480 e. The lowest BCUT2D eigenvalue weighted by Crippen LogP contribution is -2.13. The fourth-order valence-electron chi connectivity index (χ4n) is 4.01. The molecule has 4 rings (SSSR count). The van der Waals surface area contributed by atoms with E-state index < -0.39 is 0 Å². The second-order valence-electron chi connectivity index (χ2n) is 7.56. The molecule has 0 bridgehead atoms. The van der Waals surface area contributed by atoms with E-state index in [0.717, 1.165) is 40.2 Å². The summed E-state index contributed by atoms with van der Waals surface area (Å²) >= 11 is 2.95. The number of nitrogens with zero attached hydrogens (tertiary/aromatic N) is 3. The number of anilines is 1. The van der Waals surface area contributed by atoms with Gasteiger partial charge in [-0.3, -0.25) is 10.1 Å². The number of rotatable bonds is 7. The van der Waals surface area contributed by atoms with E-state index in [4.69, 9.17) is 9.47 Å². The molecule has 9 heteroatoms. The first-order valence-electron chi connectivity index (χ1n) is 10.2. The molecular weight excluding hydrogens is 420 g/mol. The first-order chi connectivity index (χ1) is 14.5. The predicted molar refractivity (Wildman–Crippen MR) is 120 cm³/mol. The largest absolute Gasteiger partial charge is 0.480 e. The van der Waals surface area contributed by atoms with E-state index in [1.807, 2.05) is 6.92 Å². The van der Waals surface area contributed by atoms with Gasteiger partial charge in [0.15, 0.2) is 11.0 Å². The quantitative estimate of drug-likeness (QED) is 0.563. The number of hydrogen-bond donors (Lipinski definition) is 1. The van der Waals surface area contributed by atoms with Gasteiger partial charge in [0.2, 0.25) is 5.88 Å². The monoisotopic (exact) mass is 446 g/mol. The Kier molecular flexibility index (Phi) is 6.31. The van der Waals surface area contributed by atoms with Crippen molar-refractivity contribution in [1.82, 2.24) is 15.0 Å². The summed E-state index contributed by atoms with van der Waals surface area (Å²) in [7, 11) is 3.16. The molecule has 1 aliphatic carbocycles. The summed E-state index contributed by atoms with van der Waals surface area (Å²) in [6, 6.07) is 0. The van der Waals surface area contributed by atoms with Gasteiger partial charge in [0.1, 0.15) is 11.4 Å². The molecule has 1 aliphatic rings. The molecule has 1 unspecified atom stereocenters. The Balaban J connectivity index is 1.59. The van der Waals surface area contributed by atoms with Gasteiger partial charge in [-0.2, -0.15) is 4.98 Å². The molecule has 1 amide bonds. The Morgan fingerprint density at radius 1 is 1.23 bits per heavy atom. The molecule has 3 aromatic heterocycles. The number of thiophene rings is 1. The first kappa shape index (κ1) is 21.1. The van der Waals surface area contributed by atoms with Crippen molar-refractivity contribution in [3.8, 4) is 5.88 Å². The van der Waals surface area contributed by atoms with Crippen molar-refractivity contribution in [1.29, 1.82) is 0 Å². The van der Waals surface area contributed by atoms with Crippen LogP contribution in [0.4, 0.5) is 5.13 Å². The van der Waals surface area contributed by atoms with Crippen LogP contribution in [-0.2, 0) is 24.2 Å². The predicted octanol–water partition coefficient (Wildman–Crippen LogP) is 4.77. The van der Waals surface area contributed by atoms with E-state index in [1.54, 1.807) is 25.6 Å². The number of amides is 1. The van der Waals surface area contributed by atoms with E-state index in [2.05, 4.69) is 27.2 Å². The number of carbonyl (C=O) groups excluding carboxylic acids is 1. The van der Waals surface area contributed by atoms with Gasteiger partial charge >= 0.3 is 0 Å². The second kappa shape index (κ2) is 8.95. The molecule has 0 saturated carbocycles. The lowest BCUT2D eigenvalue weighted by Gasteiger charge is -2.19. The van der Waals surface area contributed by atoms with E-state index in [9.17, 15) is 4.79 Å². The van der Waals surface area contributed by atoms with Crippen LogP contribution < -0.4 is 10.1 Å². The molecule has 1 atom stereocenters. The third-order valence-electron chi connectivity index (χ3n) is 5.44. The van der Waals surface area contributed by atoms with Crippen molar-refractivity contribution in [3.63, 3.8) is 0 Å². The molecule has 1 N–H and O–H groups in total. The molecule has 0 aromatic carbocycles. The second-order valence-corrected chi connectivity index (χ2v) is 9.64. The smallest absolute Gasteiger partial charge is 0.267 e. The number of fused-ring (bicyclic) bond motifs is 2. The number of ether oxygens (including phenoxy) is 2. The molecular formula is C21H26N4O3S2. The minimum absolute atomic E-state index is 0.165. The number of carbonyl (C=O) groups is 1. The molecule has 0 fully saturated rings. The van der Waals surface area contributed by atoms with Gasteiger partial charge in [0.05, 0.1) is 23.1 Å². The fraction of sp³-hybridized carbons (Fsp3) is 0.524. The standard InChI is InChI=1S/C21H26N4O3S2/c1-5-6-12-7-8-13-14(9-12)29-21(22-13)25-18(26)17-11(2)16-19(28-4)23-15(10-27-3)24-20(16)30-17/h12H,5-10H2,1-4H3,(H,22,25,26). The van der Waals surface area contributed by atoms with Gasteiger partial charge in [-0.15, -0.1) is 22.7 Å². The maximum absolute atomic E-state index is 13.0. The number of aromatic nitrogens is 3. The maximum atomic E-state index is 13.0. The molecule has 0 radical (unpaired) electrons. The fourth-order valence-corrected chi connectivity index (χ4v) is 6.21. The Bertz CT molecular complexity index is 1080. The summed E-state index contributed by atoms with van der Waals surface area (Å²) in [5, 5.41) is 4.46. The molecule has 0 spiro atoms. The van der Waals surface area contributed by atoms with Crippen LogP contribution in [-0.4, -0.2) is 35.1 Å². The summed E-state index contributed by atoms with van der Waals surface area (Å²) in [5.41, 5.74) is 1.96. The average Bonchev–Trinajstić information content (AvgIpc) is 3.28. The van der Waals surface area contributed by atoms with Crippen LogP contribution in [0.3, 0.4) is 0 Å².